The number of rotatable bonds is 4. The first kappa shape index (κ1) is 13.7. The molecule has 0 radical (unpaired) electrons. The van der Waals surface area contributed by atoms with Gasteiger partial charge in [-0.2, -0.15) is 0 Å². The third kappa shape index (κ3) is 3.38. The summed E-state index contributed by atoms with van der Waals surface area (Å²) in [6.45, 7) is 4.17. The maximum absolute atomic E-state index is 13.1. The van der Waals surface area contributed by atoms with Crippen molar-refractivity contribution >= 4 is 17.2 Å². The topological polar surface area (TPSA) is 42.0 Å². The Morgan fingerprint density at radius 2 is 2.32 bits per heavy atom. The molecular weight excluding hydrogens is 263 g/mol. The number of aromatic nitrogens is 1. The summed E-state index contributed by atoms with van der Waals surface area (Å²) in [5.41, 5.74) is 0.950. The van der Waals surface area contributed by atoms with Crippen LogP contribution in [0.15, 0.2) is 29.8 Å². The normalized spacial score (nSPS) is 12.2. The minimum atomic E-state index is -0.298. The highest BCUT2D eigenvalue weighted by Crippen LogP contribution is 2.16. The molecule has 1 N–H and O–H groups in total. The number of carbonyl (C=O) groups excluding carboxylic acids is 1. The third-order valence-corrected chi connectivity index (χ3v) is 3.87. The van der Waals surface area contributed by atoms with E-state index in [1.54, 1.807) is 30.5 Å². The quantitative estimate of drug-likeness (QED) is 0.933. The van der Waals surface area contributed by atoms with Gasteiger partial charge in [0.15, 0.2) is 0 Å². The lowest BCUT2D eigenvalue weighted by Crippen LogP contribution is -2.27. The van der Waals surface area contributed by atoms with Crippen molar-refractivity contribution in [3.63, 3.8) is 0 Å². The zero-order valence-electron chi connectivity index (χ0n) is 10.8. The van der Waals surface area contributed by atoms with E-state index in [2.05, 4.69) is 10.3 Å². The Morgan fingerprint density at radius 1 is 1.53 bits per heavy atom. The summed E-state index contributed by atoms with van der Waals surface area (Å²) in [5, 5.41) is 5.75. The van der Waals surface area contributed by atoms with Crippen LogP contribution in [0.4, 0.5) is 4.39 Å². The molecule has 0 aliphatic rings. The molecule has 100 valence electrons. The van der Waals surface area contributed by atoms with Crippen molar-refractivity contribution in [1.29, 1.82) is 0 Å². The number of benzene rings is 1. The van der Waals surface area contributed by atoms with Crippen LogP contribution in [0.3, 0.4) is 0 Å². The highest BCUT2D eigenvalue weighted by Gasteiger charge is 2.12. The lowest BCUT2D eigenvalue weighted by Gasteiger charge is -2.10. The molecule has 1 unspecified atom stereocenters. The largest absolute Gasteiger partial charge is 0.351 e. The Balaban J connectivity index is 1.96. The molecule has 0 fully saturated rings. The van der Waals surface area contributed by atoms with Gasteiger partial charge >= 0.3 is 0 Å². The Kier molecular flexibility index (Phi) is 4.27. The number of thiazole rings is 1. The van der Waals surface area contributed by atoms with Crippen LogP contribution in [0.25, 0.3) is 0 Å². The van der Waals surface area contributed by atoms with Crippen molar-refractivity contribution in [2.24, 2.45) is 0 Å². The van der Waals surface area contributed by atoms with E-state index in [-0.39, 0.29) is 17.6 Å². The van der Waals surface area contributed by atoms with E-state index < -0.39 is 0 Å². The van der Waals surface area contributed by atoms with Crippen LogP contribution in [-0.4, -0.2) is 17.4 Å². The zero-order valence-corrected chi connectivity index (χ0v) is 11.6. The van der Waals surface area contributed by atoms with E-state index in [0.717, 1.165) is 5.01 Å². The van der Waals surface area contributed by atoms with Gasteiger partial charge in [-0.1, -0.05) is 6.92 Å². The number of nitrogens with zero attached hydrogens (tertiary/aromatic N) is 1. The molecule has 3 nitrogen and oxygen atoms in total. The monoisotopic (exact) mass is 278 g/mol. The Labute approximate surface area is 115 Å². The van der Waals surface area contributed by atoms with Crippen LogP contribution < -0.4 is 5.32 Å². The lowest BCUT2D eigenvalue weighted by molar-refractivity contribution is 0.0951. The summed E-state index contributed by atoms with van der Waals surface area (Å²) < 4.78 is 13.1. The van der Waals surface area contributed by atoms with Gasteiger partial charge in [0, 0.05) is 29.6 Å². The standard InChI is InChI=1S/C14H15FN2OS/c1-9-7-11(3-4-12(9)15)13(18)17-8-10(2)14-16-5-6-19-14/h3-7,10H,8H2,1-2H3,(H,17,18). The smallest absolute Gasteiger partial charge is 0.251 e. The van der Waals surface area contributed by atoms with E-state index >= 15 is 0 Å². The van der Waals surface area contributed by atoms with Gasteiger partial charge in [0.1, 0.15) is 5.82 Å². The first-order valence-electron chi connectivity index (χ1n) is 6.01. The molecular formula is C14H15FN2OS. The zero-order chi connectivity index (χ0) is 13.8. The second kappa shape index (κ2) is 5.93. The van der Waals surface area contributed by atoms with Crippen LogP contribution in [0, 0.1) is 12.7 Å². The van der Waals surface area contributed by atoms with Crippen LogP contribution in [0.5, 0.6) is 0 Å². The Bertz CT molecular complexity index is 569. The van der Waals surface area contributed by atoms with E-state index in [0.29, 0.717) is 17.7 Å². The van der Waals surface area contributed by atoms with Gasteiger partial charge in [0.05, 0.1) is 5.01 Å². The lowest BCUT2D eigenvalue weighted by atomic mass is 10.1. The number of nitrogens with one attached hydrogen (secondary N) is 1. The van der Waals surface area contributed by atoms with Gasteiger partial charge in [-0.3, -0.25) is 4.79 Å². The van der Waals surface area contributed by atoms with Crippen LogP contribution in [-0.2, 0) is 0 Å². The molecule has 1 atom stereocenters. The molecule has 1 aromatic carbocycles. The minimum Gasteiger partial charge on any atom is -0.351 e. The molecule has 2 aromatic rings. The van der Waals surface area contributed by atoms with Crippen LogP contribution >= 0.6 is 11.3 Å². The summed E-state index contributed by atoms with van der Waals surface area (Å²) in [6.07, 6.45) is 1.75. The van der Waals surface area contributed by atoms with Crippen molar-refractivity contribution in [2.75, 3.05) is 6.54 Å². The van der Waals surface area contributed by atoms with E-state index in [1.165, 1.54) is 12.1 Å². The SMILES string of the molecule is Cc1cc(C(=O)NCC(C)c2nccs2)ccc1F. The first-order chi connectivity index (χ1) is 9.08. The minimum absolute atomic E-state index is 0.172. The van der Waals surface area contributed by atoms with Gasteiger partial charge < -0.3 is 5.32 Å². The average molecular weight is 278 g/mol. The summed E-state index contributed by atoms with van der Waals surface area (Å²) in [4.78, 5) is 16.1. The fourth-order valence-corrected chi connectivity index (χ4v) is 2.40. The van der Waals surface area contributed by atoms with E-state index in [1.807, 2.05) is 12.3 Å². The number of halogens is 1. The van der Waals surface area contributed by atoms with Gasteiger partial charge in [0.2, 0.25) is 0 Å². The van der Waals surface area contributed by atoms with Gasteiger partial charge in [0.25, 0.3) is 5.91 Å². The predicted molar refractivity (Wildman–Crippen MR) is 74.0 cm³/mol. The number of hydrogen-bond donors (Lipinski definition) is 1. The maximum Gasteiger partial charge on any atom is 0.251 e. The predicted octanol–water partition coefficient (Wildman–Crippen LogP) is 3.12. The number of carbonyl (C=O) groups is 1. The second-order valence-corrected chi connectivity index (χ2v) is 5.37. The fraction of sp³-hybridized carbons (Fsp3) is 0.286. The van der Waals surface area contributed by atoms with E-state index in [4.69, 9.17) is 0 Å². The molecule has 1 aromatic heterocycles. The van der Waals surface area contributed by atoms with Gasteiger partial charge in [-0.25, -0.2) is 9.37 Å². The molecule has 2 rings (SSSR count). The molecule has 1 amide bonds. The fourth-order valence-electron chi connectivity index (χ4n) is 1.70. The van der Waals surface area contributed by atoms with Gasteiger partial charge in [-0.15, -0.1) is 11.3 Å². The van der Waals surface area contributed by atoms with Crippen LogP contribution in [0.2, 0.25) is 0 Å². The third-order valence-electron chi connectivity index (χ3n) is 2.86. The summed E-state index contributed by atoms with van der Waals surface area (Å²) in [5.74, 6) is -0.315. The Hall–Kier alpha value is -1.75. The number of amides is 1. The molecule has 5 heteroatoms. The van der Waals surface area contributed by atoms with Gasteiger partial charge in [-0.05, 0) is 30.7 Å². The highest BCUT2D eigenvalue weighted by molar-refractivity contribution is 7.09. The van der Waals surface area contributed by atoms with Crippen molar-refractivity contribution < 1.29 is 9.18 Å². The maximum atomic E-state index is 13.1. The van der Waals surface area contributed by atoms with Crippen molar-refractivity contribution in [2.45, 2.75) is 19.8 Å². The van der Waals surface area contributed by atoms with Crippen LogP contribution in [0.1, 0.15) is 33.8 Å². The van der Waals surface area contributed by atoms with Crippen molar-refractivity contribution in [1.82, 2.24) is 10.3 Å². The van der Waals surface area contributed by atoms with E-state index in [9.17, 15) is 9.18 Å². The molecule has 0 aliphatic heterocycles. The summed E-state index contributed by atoms with van der Waals surface area (Å²) >= 11 is 1.57. The second-order valence-electron chi connectivity index (χ2n) is 4.45. The van der Waals surface area contributed by atoms with Crippen molar-refractivity contribution in [3.05, 3.63) is 51.7 Å². The average Bonchev–Trinajstić information content (AvgIpc) is 2.92. The highest BCUT2D eigenvalue weighted by atomic mass is 32.1. The first-order valence-corrected chi connectivity index (χ1v) is 6.89. The summed E-state index contributed by atoms with van der Waals surface area (Å²) in [6, 6.07) is 4.36. The molecule has 19 heavy (non-hydrogen) atoms. The number of aryl methyl sites for hydroxylation is 1. The van der Waals surface area contributed by atoms with Crippen molar-refractivity contribution in [3.8, 4) is 0 Å². The molecule has 1 heterocycles. The molecule has 0 bridgehead atoms. The molecule has 0 spiro atoms. The molecule has 0 saturated heterocycles. The Morgan fingerprint density at radius 3 is 2.95 bits per heavy atom. The molecule has 0 aliphatic carbocycles. The summed E-state index contributed by atoms with van der Waals surface area (Å²) in [7, 11) is 0. The number of hydrogen-bond acceptors (Lipinski definition) is 3. The molecule has 0 saturated carbocycles.